The Morgan fingerprint density at radius 3 is 2.75 bits per heavy atom. The minimum Gasteiger partial charge on any atom is -0.340 e. The Morgan fingerprint density at radius 1 is 1.75 bits per heavy atom. The molecule has 0 bridgehead atoms. The molecule has 0 aromatic carbocycles. The van der Waals surface area contributed by atoms with Crippen LogP contribution in [0.2, 0.25) is 0 Å². The molecule has 0 aromatic heterocycles. The van der Waals surface area contributed by atoms with Crippen molar-refractivity contribution < 1.29 is 0 Å². The minimum absolute atomic E-state index is 0.993. The van der Waals surface area contributed by atoms with Gasteiger partial charge in [-0.1, -0.05) is 6.08 Å². The third-order valence-electron chi connectivity index (χ3n) is 1.29. The van der Waals surface area contributed by atoms with Crippen LogP contribution in [0.4, 0.5) is 0 Å². The van der Waals surface area contributed by atoms with Crippen LogP contribution in [0.5, 0.6) is 0 Å². The topological polar surface area (TPSA) is 15.6 Å². The van der Waals surface area contributed by atoms with Crippen molar-refractivity contribution in [3.63, 3.8) is 0 Å². The van der Waals surface area contributed by atoms with E-state index in [1.54, 1.807) is 0 Å². The molecule has 44 valence electrons. The van der Waals surface area contributed by atoms with E-state index < -0.39 is 0 Å². The van der Waals surface area contributed by atoms with Gasteiger partial charge in [0, 0.05) is 26.7 Å². The highest BCUT2D eigenvalue weighted by Gasteiger charge is 2.04. The van der Waals surface area contributed by atoms with Crippen LogP contribution in [0.1, 0.15) is 6.42 Å². The first-order chi connectivity index (χ1) is 3.84. The van der Waals surface area contributed by atoms with Gasteiger partial charge in [-0.25, -0.2) is 0 Å². The number of rotatable bonds is 0. The van der Waals surface area contributed by atoms with Gasteiger partial charge in [-0.05, 0) is 0 Å². The second-order valence-electron chi connectivity index (χ2n) is 1.84. The quantitative estimate of drug-likeness (QED) is 0.451. The van der Waals surface area contributed by atoms with Gasteiger partial charge in [0.15, 0.2) is 0 Å². The van der Waals surface area contributed by atoms with E-state index >= 15 is 0 Å². The van der Waals surface area contributed by atoms with Gasteiger partial charge >= 0.3 is 0 Å². The molecule has 0 spiro atoms. The SMILES string of the molecule is CN=C1CC=CN1C. The van der Waals surface area contributed by atoms with Crippen molar-refractivity contribution in [2.45, 2.75) is 6.42 Å². The van der Waals surface area contributed by atoms with Crippen molar-refractivity contribution in [3.05, 3.63) is 12.3 Å². The van der Waals surface area contributed by atoms with E-state index in [1.165, 1.54) is 0 Å². The molecule has 0 radical (unpaired) electrons. The van der Waals surface area contributed by atoms with Crippen LogP contribution in [0, 0.1) is 0 Å². The standard InChI is InChI=1S/C6H10N2/c1-7-6-4-3-5-8(6)2/h3,5H,4H2,1-2H3. The van der Waals surface area contributed by atoms with E-state index in [4.69, 9.17) is 0 Å². The minimum atomic E-state index is 0.993. The molecule has 2 nitrogen and oxygen atoms in total. The van der Waals surface area contributed by atoms with E-state index in [9.17, 15) is 0 Å². The lowest BCUT2D eigenvalue weighted by Crippen LogP contribution is -2.14. The second-order valence-corrected chi connectivity index (χ2v) is 1.84. The molecule has 2 heteroatoms. The summed E-state index contributed by atoms with van der Waals surface area (Å²) in [6, 6.07) is 0. The van der Waals surface area contributed by atoms with Crippen molar-refractivity contribution in [1.29, 1.82) is 0 Å². The van der Waals surface area contributed by atoms with Crippen LogP contribution in [-0.2, 0) is 0 Å². The van der Waals surface area contributed by atoms with E-state index in [0.717, 1.165) is 12.3 Å². The maximum Gasteiger partial charge on any atom is 0.106 e. The third kappa shape index (κ3) is 0.735. The molecule has 0 saturated carbocycles. The van der Waals surface area contributed by atoms with Crippen LogP contribution in [0.3, 0.4) is 0 Å². The van der Waals surface area contributed by atoms with Crippen LogP contribution < -0.4 is 0 Å². The van der Waals surface area contributed by atoms with Gasteiger partial charge in [-0.15, -0.1) is 0 Å². The van der Waals surface area contributed by atoms with E-state index in [-0.39, 0.29) is 0 Å². The zero-order chi connectivity index (χ0) is 5.98. The van der Waals surface area contributed by atoms with Gasteiger partial charge in [0.1, 0.15) is 5.84 Å². The second kappa shape index (κ2) is 1.99. The summed E-state index contributed by atoms with van der Waals surface area (Å²) in [7, 11) is 3.82. The van der Waals surface area contributed by atoms with Crippen molar-refractivity contribution in [1.82, 2.24) is 4.90 Å². The van der Waals surface area contributed by atoms with E-state index in [0.29, 0.717) is 0 Å². The predicted octanol–water partition coefficient (Wildman–Crippen LogP) is 0.864. The Morgan fingerprint density at radius 2 is 2.50 bits per heavy atom. The Kier molecular flexibility index (Phi) is 1.33. The van der Waals surface area contributed by atoms with Crippen LogP contribution in [0.25, 0.3) is 0 Å². The smallest absolute Gasteiger partial charge is 0.106 e. The molecule has 1 rings (SSSR count). The molecule has 0 N–H and O–H groups in total. The molecule has 1 aliphatic heterocycles. The fraction of sp³-hybridized carbons (Fsp3) is 0.500. The molecule has 8 heavy (non-hydrogen) atoms. The third-order valence-corrected chi connectivity index (χ3v) is 1.29. The van der Waals surface area contributed by atoms with Gasteiger partial charge in [0.25, 0.3) is 0 Å². The molecule has 1 aliphatic rings. The average molecular weight is 110 g/mol. The summed E-state index contributed by atoms with van der Waals surface area (Å²) in [6.45, 7) is 0. The van der Waals surface area contributed by atoms with Crippen molar-refractivity contribution in [2.75, 3.05) is 14.1 Å². The van der Waals surface area contributed by atoms with Crippen LogP contribution >= 0.6 is 0 Å². The summed E-state index contributed by atoms with van der Waals surface area (Å²) in [6.07, 6.45) is 5.12. The van der Waals surface area contributed by atoms with Crippen molar-refractivity contribution in [3.8, 4) is 0 Å². The Labute approximate surface area is 49.5 Å². The fourth-order valence-corrected chi connectivity index (χ4v) is 0.795. The first kappa shape index (κ1) is 5.35. The lowest BCUT2D eigenvalue weighted by molar-refractivity contribution is 0.697. The molecule has 0 unspecified atom stereocenters. The summed E-state index contributed by atoms with van der Waals surface area (Å²) in [5.74, 6) is 1.14. The predicted molar refractivity (Wildman–Crippen MR) is 34.9 cm³/mol. The Balaban J connectivity index is 2.64. The highest BCUT2D eigenvalue weighted by Crippen LogP contribution is 2.03. The number of hydrogen-bond acceptors (Lipinski definition) is 1. The van der Waals surface area contributed by atoms with Crippen molar-refractivity contribution >= 4 is 5.84 Å². The van der Waals surface area contributed by atoms with E-state index in [2.05, 4.69) is 11.1 Å². The molecular weight excluding hydrogens is 100 g/mol. The Hall–Kier alpha value is -0.790. The molecule has 0 amide bonds. The molecule has 0 aliphatic carbocycles. The lowest BCUT2D eigenvalue weighted by atomic mass is 10.4. The number of nitrogens with zero attached hydrogens (tertiary/aromatic N) is 2. The highest BCUT2D eigenvalue weighted by atomic mass is 15.2. The van der Waals surface area contributed by atoms with Gasteiger partial charge < -0.3 is 4.90 Å². The molecule has 0 fully saturated rings. The van der Waals surface area contributed by atoms with Crippen LogP contribution in [0.15, 0.2) is 17.3 Å². The zero-order valence-corrected chi connectivity index (χ0v) is 5.26. The summed E-state index contributed by atoms with van der Waals surface area (Å²) < 4.78 is 0. The normalized spacial score (nSPS) is 23.2. The summed E-state index contributed by atoms with van der Waals surface area (Å²) in [5, 5.41) is 0. The Bertz CT molecular complexity index is 135. The molecule has 0 atom stereocenters. The maximum atomic E-state index is 4.05. The average Bonchev–Trinajstić information content (AvgIpc) is 2.14. The van der Waals surface area contributed by atoms with Crippen molar-refractivity contribution in [2.24, 2.45) is 4.99 Å². The first-order valence-corrected chi connectivity index (χ1v) is 2.69. The van der Waals surface area contributed by atoms with Gasteiger partial charge in [-0.3, -0.25) is 4.99 Å². The number of amidine groups is 1. The number of aliphatic imine (C=N–C) groups is 1. The number of hydrogen-bond donors (Lipinski definition) is 0. The van der Waals surface area contributed by atoms with Gasteiger partial charge in [0.05, 0.1) is 0 Å². The molecule has 1 heterocycles. The molecular formula is C6H10N2. The molecule has 0 saturated heterocycles. The summed E-state index contributed by atoms with van der Waals surface area (Å²) >= 11 is 0. The van der Waals surface area contributed by atoms with Gasteiger partial charge in [0.2, 0.25) is 0 Å². The van der Waals surface area contributed by atoms with Crippen LogP contribution in [-0.4, -0.2) is 24.8 Å². The van der Waals surface area contributed by atoms with Gasteiger partial charge in [-0.2, -0.15) is 0 Å². The maximum absolute atomic E-state index is 4.05. The van der Waals surface area contributed by atoms with E-state index in [1.807, 2.05) is 25.2 Å². The summed E-state index contributed by atoms with van der Waals surface area (Å²) in [4.78, 5) is 6.08. The molecule has 0 aromatic rings. The fourth-order valence-electron chi connectivity index (χ4n) is 0.795. The monoisotopic (exact) mass is 110 g/mol. The lowest BCUT2D eigenvalue weighted by Gasteiger charge is -2.07. The summed E-state index contributed by atoms with van der Waals surface area (Å²) in [5.41, 5.74) is 0. The first-order valence-electron chi connectivity index (χ1n) is 2.69. The largest absolute Gasteiger partial charge is 0.340 e. The zero-order valence-electron chi connectivity index (χ0n) is 5.26. The highest BCUT2D eigenvalue weighted by molar-refractivity contribution is 5.86.